The second-order valence-electron chi connectivity index (χ2n) is 5.26. The number of ether oxygens (including phenoxy) is 1. The van der Waals surface area contributed by atoms with Crippen molar-refractivity contribution in [2.75, 3.05) is 12.4 Å². The number of hydrogen-bond acceptors (Lipinski definition) is 5. The summed E-state index contributed by atoms with van der Waals surface area (Å²) in [5.41, 5.74) is 2.63. The zero-order chi connectivity index (χ0) is 15.1. The third-order valence-corrected chi connectivity index (χ3v) is 4.73. The third kappa shape index (κ3) is 2.42. The number of aliphatic carboxylic acids is 1. The van der Waals surface area contributed by atoms with Crippen LogP contribution in [-0.2, 0) is 16.6 Å². The maximum atomic E-state index is 10.9. The van der Waals surface area contributed by atoms with Crippen LogP contribution in [0.2, 0.25) is 0 Å². The van der Waals surface area contributed by atoms with Gasteiger partial charge in [-0.15, -0.1) is 0 Å². The molecule has 0 spiro atoms. The number of imidazole rings is 1. The molecule has 3 rings (SSSR count). The molecule has 0 aromatic carbocycles. The van der Waals surface area contributed by atoms with Crippen LogP contribution in [0.3, 0.4) is 0 Å². The molecule has 1 aliphatic rings. The number of nitrogens with zero attached hydrogens (tertiary/aromatic N) is 4. The molecule has 1 N–H and O–H groups in total. The maximum absolute atomic E-state index is 10.9. The standard InChI is InChI=1S/C13H18N4O3S/c1-7-11-12(16(3)15-7)17(9-4-5-20-8(9)2)13(14-11)21-6-10(18)19/h8-9H,4-6H2,1-3H3,(H,18,19). The Bertz CT molecular complexity index is 693. The van der Waals surface area contributed by atoms with E-state index in [0.29, 0.717) is 6.61 Å². The lowest BCUT2D eigenvalue weighted by Gasteiger charge is -2.19. The minimum atomic E-state index is -0.843. The van der Waals surface area contributed by atoms with E-state index < -0.39 is 5.97 Å². The van der Waals surface area contributed by atoms with Crippen molar-refractivity contribution in [1.29, 1.82) is 0 Å². The number of fused-ring (bicyclic) bond motifs is 1. The fourth-order valence-electron chi connectivity index (χ4n) is 2.86. The average molecular weight is 310 g/mol. The van der Waals surface area contributed by atoms with E-state index in [0.717, 1.165) is 28.4 Å². The van der Waals surface area contributed by atoms with E-state index in [1.54, 1.807) is 0 Å². The largest absolute Gasteiger partial charge is 0.481 e. The van der Waals surface area contributed by atoms with Crippen LogP contribution >= 0.6 is 11.8 Å². The second-order valence-corrected chi connectivity index (χ2v) is 6.20. The summed E-state index contributed by atoms with van der Waals surface area (Å²) in [5, 5.41) is 14.1. The molecule has 0 radical (unpaired) electrons. The molecule has 1 fully saturated rings. The van der Waals surface area contributed by atoms with Crippen LogP contribution in [0.25, 0.3) is 11.2 Å². The van der Waals surface area contributed by atoms with Crippen molar-refractivity contribution in [3.05, 3.63) is 5.69 Å². The van der Waals surface area contributed by atoms with E-state index in [4.69, 9.17) is 9.84 Å². The van der Waals surface area contributed by atoms with Crippen molar-refractivity contribution in [3.63, 3.8) is 0 Å². The fraction of sp³-hybridized carbons (Fsp3) is 0.615. The van der Waals surface area contributed by atoms with E-state index in [1.807, 2.05) is 25.6 Å². The smallest absolute Gasteiger partial charge is 0.313 e. The van der Waals surface area contributed by atoms with Gasteiger partial charge in [0.25, 0.3) is 0 Å². The minimum Gasteiger partial charge on any atom is -0.481 e. The van der Waals surface area contributed by atoms with Crippen LogP contribution in [0.15, 0.2) is 5.16 Å². The topological polar surface area (TPSA) is 82.2 Å². The predicted molar refractivity (Wildman–Crippen MR) is 78.7 cm³/mol. The van der Waals surface area contributed by atoms with Gasteiger partial charge in [-0.25, -0.2) is 4.98 Å². The highest BCUT2D eigenvalue weighted by Gasteiger charge is 2.31. The van der Waals surface area contributed by atoms with E-state index in [2.05, 4.69) is 14.6 Å². The number of hydrogen-bond donors (Lipinski definition) is 1. The van der Waals surface area contributed by atoms with Crippen LogP contribution in [0.5, 0.6) is 0 Å². The SMILES string of the molecule is Cc1nn(C)c2c1nc(SCC(=O)O)n2C1CCOC1C. The van der Waals surface area contributed by atoms with Gasteiger partial charge in [-0.2, -0.15) is 5.10 Å². The van der Waals surface area contributed by atoms with E-state index >= 15 is 0 Å². The van der Waals surface area contributed by atoms with E-state index in [9.17, 15) is 4.79 Å². The summed E-state index contributed by atoms with van der Waals surface area (Å²) < 4.78 is 9.57. The van der Waals surface area contributed by atoms with Gasteiger partial charge in [0.05, 0.1) is 23.6 Å². The summed E-state index contributed by atoms with van der Waals surface area (Å²) in [7, 11) is 1.89. The van der Waals surface area contributed by atoms with Crippen molar-refractivity contribution < 1.29 is 14.6 Å². The molecule has 0 saturated carbocycles. The van der Waals surface area contributed by atoms with Crippen molar-refractivity contribution in [2.24, 2.45) is 7.05 Å². The minimum absolute atomic E-state index is 0.00223. The van der Waals surface area contributed by atoms with Crippen molar-refractivity contribution in [3.8, 4) is 0 Å². The van der Waals surface area contributed by atoms with Gasteiger partial charge in [0.2, 0.25) is 0 Å². The Labute approximate surface area is 126 Å². The number of thioether (sulfide) groups is 1. The molecule has 2 atom stereocenters. The average Bonchev–Trinajstić information content (AvgIpc) is 3.05. The quantitative estimate of drug-likeness (QED) is 0.864. The Kier molecular flexibility index (Phi) is 3.66. The molecule has 0 aliphatic carbocycles. The van der Waals surface area contributed by atoms with Gasteiger partial charge in [-0.3, -0.25) is 14.0 Å². The Balaban J connectivity index is 2.12. The van der Waals surface area contributed by atoms with Crippen LogP contribution < -0.4 is 0 Å². The van der Waals surface area contributed by atoms with E-state index in [-0.39, 0.29) is 17.9 Å². The number of aromatic nitrogens is 4. The van der Waals surface area contributed by atoms with Crippen LogP contribution in [-0.4, -0.2) is 48.9 Å². The molecule has 0 amide bonds. The Morgan fingerprint density at radius 2 is 2.33 bits per heavy atom. The summed E-state index contributed by atoms with van der Waals surface area (Å²) >= 11 is 1.25. The van der Waals surface area contributed by atoms with E-state index in [1.165, 1.54) is 11.8 Å². The lowest BCUT2D eigenvalue weighted by molar-refractivity contribution is -0.133. The van der Waals surface area contributed by atoms with Crippen molar-refractivity contribution in [2.45, 2.75) is 37.6 Å². The number of rotatable bonds is 4. The first-order valence-corrected chi connectivity index (χ1v) is 7.85. The van der Waals surface area contributed by atoms with Gasteiger partial charge >= 0.3 is 5.97 Å². The molecule has 2 aromatic rings. The molecule has 7 nitrogen and oxygen atoms in total. The van der Waals surface area contributed by atoms with Gasteiger partial charge in [0, 0.05) is 13.7 Å². The molecular formula is C13H18N4O3S. The molecule has 114 valence electrons. The molecule has 3 heterocycles. The first-order chi connectivity index (χ1) is 9.99. The Morgan fingerprint density at radius 1 is 1.57 bits per heavy atom. The highest BCUT2D eigenvalue weighted by Crippen LogP contribution is 2.35. The number of carboxylic acids is 1. The second kappa shape index (κ2) is 5.34. The first-order valence-electron chi connectivity index (χ1n) is 6.86. The number of carboxylic acid groups (broad SMARTS) is 1. The normalized spacial score (nSPS) is 22.2. The number of carbonyl (C=O) groups is 1. The lowest BCUT2D eigenvalue weighted by atomic mass is 10.1. The Morgan fingerprint density at radius 3 is 2.95 bits per heavy atom. The summed E-state index contributed by atoms with van der Waals surface area (Å²) in [6.45, 7) is 4.67. The van der Waals surface area contributed by atoms with Crippen LogP contribution in [0, 0.1) is 6.92 Å². The molecule has 2 unspecified atom stereocenters. The van der Waals surface area contributed by atoms with Gasteiger partial charge in [0.1, 0.15) is 5.52 Å². The monoisotopic (exact) mass is 310 g/mol. The zero-order valence-electron chi connectivity index (χ0n) is 12.2. The molecule has 8 heteroatoms. The highest BCUT2D eigenvalue weighted by molar-refractivity contribution is 7.99. The molecule has 1 aliphatic heterocycles. The van der Waals surface area contributed by atoms with Crippen LogP contribution in [0.4, 0.5) is 0 Å². The fourth-order valence-corrected chi connectivity index (χ4v) is 3.63. The molecule has 21 heavy (non-hydrogen) atoms. The summed E-state index contributed by atoms with van der Waals surface area (Å²) in [5.74, 6) is -0.846. The summed E-state index contributed by atoms with van der Waals surface area (Å²) in [6, 6.07) is 0.168. The van der Waals surface area contributed by atoms with Crippen molar-refractivity contribution >= 4 is 28.9 Å². The number of aryl methyl sites for hydroxylation is 2. The molecule has 1 saturated heterocycles. The third-order valence-electron chi connectivity index (χ3n) is 3.80. The zero-order valence-corrected chi connectivity index (χ0v) is 13.1. The highest BCUT2D eigenvalue weighted by atomic mass is 32.2. The predicted octanol–water partition coefficient (Wildman–Crippen LogP) is 1.60. The van der Waals surface area contributed by atoms with Gasteiger partial charge in [-0.1, -0.05) is 11.8 Å². The van der Waals surface area contributed by atoms with Gasteiger partial charge < -0.3 is 9.84 Å². The molecule has 0 bridgehead atoms. The first kappa shape index (κ1) is 14.4. The van der Waals surface area contributed by atoms with Gasteiger partial charge in [-0.05, 0) is 20.3 Å². The summed E-state index contributed by atoms with van der Waals surface area (Å²) in [4.78, 5) is 15.5. The van der Waals surface area contributed by atoms with Crippen LogP contribution in [0.1, 0.15) is 25.1 Å². The molecular weight excluding hydrogens is 292 g/mol. The van der Waals surface area contributed by atoms with Gasteiger partial charge in [0.15, 0.2) is 10.8 Å². The molecule has 2 aromatic heterocycles. The summed E-state index contributed by atoms with van der Waals surface area (Å²) in [6.07, 6.45) is 0.985. The van der Waals surface area contributed by atoms with Crippen molar-refractivity contribution in [1.82, 2.24) is 19.3 Å². The lowest BCUT2D eigenvalue weighted by Crippen LogP contribution is -2.19. The maximum Gasteiger partial charge on any atom is 0.313 e. The Hall–Kier alpha value is -1.54.